The number of nitrogens with one attached hydrogen (secondary N) is 1. The van der Waals surface area contributed by atoms with Gasteiger partial charge in [-0.15, -0.1) is 10.2 Å². The fraction of sp³-hybridized carbons (Fsp3) is 0.318. The monoisotopic (exact) mass is 428 g/mol. The summed E-state index contributed by atoms with van der Waals surface area (Å²) in [6.07, 6.45) is 0. The normalized spacial score (nSPS) is 11.1. The van der Waals surface area contributed by atoms with E-state index in [0.717, 1.165) is 22.2 Å². The zero-order chi connectivity index (χ0) is 21.0. The molecule has 0 aliphatic carbocycles. The third kappa shape index (κ3) is 5.19. The van der Waals surface area contributed by atoms with Gasteiger partial charge in [0.05, 0.1) is 12.2 Å². The summed E-state index contributed by atoms with van der Waals surface area (Å²) >= 11 is 7.89. The van der Waals surface area contributed by atoms with Crippen molar-refractivity contribution in [2.75, 3.05) is 0 Å². The molecule has 0 aliphatic heterocycles. The van der Waals surface area contributed by atoms with Crippen molar-refractivity contribution in [3.8, 4) is 5.69 Å². The molecule has 152 valence electrons. The zero-order valence-electron chi connectivity index (χ0n) is 17.1. The van der Waals surface area contributed by atoms with E-state index in [2.05, 4.69) is 34.6 Å². The standard InChI is InChI=1S/C22H25ClN4OS/c1-14(2)21(28)24-12-20-25-26-22(29-13-17-8-6-5-7-15(17)3)27(20)19-11-18(23)10-9-16(19)4/h5-11,14H,12-13H2,1-4H3,(H,24,28). The first-order valence-corrected chi connectivity index (χ1v) is 10.9. The van der Waals surface area contributed by atoms with Gasteiger partial charge < -0.3 is 5.32 Å². The largest absolute Gasteiger partial charge is 0.349 e. The Balaban J connectivity index is 1.94. The van der Waals surface area contributed by atoms with Crippen LogP contribution >= 0.6 is 23.4 Å². The van der Waals surface area contributed by atoms with E-state index in [9.17, 15) is 4.79 Å². The summed E-state index contributed by atoms with van der Waals surface area (Å²) in [5.74, 6) is 1.35. The molecule has 0 atom stereocenters. The molecule has 0 aliphatic rings. The van der Waals surface area contributed by atoms with E-state index in [1.54, 1.807) is 11.8 Å². The van der Waals surface area contributed by atoms with Crippen molar-refractivity contribution in [1.29, 1.82) is 0 Å². The number of aromatic nitrogens is 3. The maximum atomic E-state index is 12.0. The van der Waals surface area contributed by atoms with Crippen LogP contribution < -0.4 is 5.32 Å². The molecule has 1 N–H and O–H groups in total. The maximum absolute atomic E-state index is 12.0. The molecule has 0 saturated heterocycles. The molecule has 1 aromatic heterocycles. The fourth-order valence-electron chi connectivity index (χ4n) is 2.86. The molecule has 0 radical (unpaired) electrons. The summed E-state index contributed by atoms with van der Waals surface area (Å²) in [7, 11) is 0. The van der Waals surface area contributed by atoms with Crippen molar-refractivity contribution >= 4 is 29.3 Å². The molecule has 3 aromatic rings. The van der Waals surface area contributed by atoms with E-state index < -0.39 is 0 Å². The van der Waals surface area contributed by atoms with Gasteiger partial charge in [0.2, 0.25) is 5.91 Å². The summed E-state index contributed by atoms with van der Waals surface area (Å²) < 4.78 is 1.99. The Morgan fingerprint density at radius 1 is 1.14 bits per heavy atom. The van der Waals surface area contributed by atoms with Crippen molar-refractivity contribution in [1.82, 2.24) is 20.1 Å². The van der Waals surface area contributed by atoms with E-state index in [4.69, 9.17) is 11.6 Å². The molecule has 1 amide bonds. The molecule has 0 saturated carbocycles. The highest BCUT2D eigenvalue weighted by molar-refractivity contribution is 7.98. The Morgan fingerprint density at radius 3 is 2.62 bits per heavy atom. The molecular formula is C22H25ClN4OS. The number of hydrogen-bond donors (Lipinski definition) is 1. The van der Waals surface area contributed by atoms with Crippen LogP contribution in [0.1, 0.15) is 36.4 Å². The van der Waals surface area contributed by atoms with Gasteiger partial charge in [0, 0.05) is 16.7 Å². The highest BCUT2D eigenvalue weighted by atomic mass is 35.5. The predicted octanol–water partition coefficient (Wildman–Crippen LogP) is 5.10. The number of rotatable bonds is 7. The lowest BCUT2D eigenvalue weighted by Crippen LogP contribution is -2.28. The first kappa shape index (κ1) is 21.4. The zero-order valence-corrected chi connectivity index (χ0v) is 18.6. The van der Waals surface area contributed by atoms with Crippen LogP contribution in [0.25, 0.3) is 5.69 Å². The number of benzene rings is 2. The van der Waals surface area contributed by atoms with Crippen LogP contribution in [-0.2, 0) is 17.1 Å². The number of aryl methyl sites for hydroxylation is 2. The Morgan fingerprint density at radius 2 is 1.90 bits per heavy atom. The minimum atomic E-state index is -0.0887. The summed E-state index contributed by atoms with van der Waals surface area (Å²) in [6, 6.07) is 14.1. The Bertz CT molecular complexity index is 1020. The SMILES string of the molecule is Cc1ccccc1CSc1nnc(CNC(=O)C(C)C)n1-c1cc(Cl)ccc1C. The average Bonchev–Trinajstić information content (AvgIpc) is 3.09. The van der Waals surface area contributed by atoms with Gasteiger partial charge in [-0.3, -0.25) is 9.36 Å². The van der Waals surface area contributed by atoms with Crippen LogP contribution in [0.2, 0.25) is 5.02 Å². The van der Waals surface area contributed by atoms with E-state index in [-0.39, 0.29) is 11.8 Å². The number of carbonyl (C=O) groups is 1. The molecule has 3 rings (SSSR count). The van der Waals surface area contributed by atoms with Crippen LogP contribution in [0.15, 0.2) is 47.6 Å². The number of amides is 1. The minimum Gasteiger partial charge on any atom is -0.349 e. The Labute approximate surface area is 180 Å². The molecule has 0 spiro atoms. The highest BCUT2D eigenvalue weighted by Crippen LogP contribution is 2.29. The first-order valence-electron chi connectivity index (χ1n) is 9.52. The molecule has 2 aromatic carbocycles. The second-order valence-electron chi connectivity index (χ2n) is 7.25. The molecule has 0 unspecified atom stereocenters. The molecule has 7 heteroatoms. The van der Waals surface area contributed by atoms with Crippen LogP contribution in [0.4, 0.5) is 0 Å². The van der Waals surface area contributed by atoms with E-state index in [0.29, 0.717) is 17.4 Å². The number of carbonyl (C=O) groups excluding carboxylic acids is 1. The van der Waals surface area contributed by atoms with Gasteiger partial charge in [-0.25, -0.2) is 0 Å². The van der Waals surface area contributed by atoms with Crippen LogP contribution in [0, 0.1) is 19.8 Å². The first-order chi connectivity index (χ1) is 13.9. The smallest absolute Gasteiger partial charge is 0.222 e. The lowest BCUT2D eigenvalue weighted by Gasteiger charge is -2.14. The van der Waals surface area contributed by atoms with Gasteiger partial charge >= 0.3 is 0 Å². The topological polar surface area (TPSA) is 59.8 Å². The Kier molecular flexibility index (Phi) is 6.98. The van der Waals surface area contributed by atoms with Crippen LogP contribution in [-0.4, -0.2) is 20.7 Å². The van der Waals surface area contributed by atoms with Gasteiger partial charge in [-0.1, -0.05) is 67.5 Å². The third-order valence-corrected chi connectivity index (χ3v) is 5.89. The van der Waals surface area contributed by atoms with Crippen molar-refractivity contribution in [3.05, 3.63) is 70.0 Å². The van der Waals surface area contributed by atoms with E-state index in [1.165, 1.54) is 11.1 Å². The predicted molar refractivity (Wildman–Crippen MR) is 119 cm³/mol. The summed E-state index contributed by atoms with van der Waals surface area (Å²) in [5.41, 5.74) is 4.48. The van der Waals surface area contributed by atoms with Crippen molar-refractivity contribution in [2.24, 2.45) is 5.92 Å². The molecule has 0 bridgehead atoms. The highest BCUT2D eigenvalue weighted by Gasteiger charge is 2.18. The third-order valence-electron chi connectivity index (χ3n) is 4.68. The van der Waals surface area contributed by atoms with Crippen molar-refractivity contribution in [3.63, 3.8) is 0 Å². The summed E-state index contributed by atoms with van der Waals surface area (Å²) in [4.78, 5) is 12.0. The quantitative estimate of drug-likeness (QED) is 0.531. The van der Waals surface area contributed by atoms with Gasteiger partial charge in [0.25, 0.3) is 0 Å². The summed E-state index contributed by atoms with van der Waals surface area (Å²) in [5, 5.41) is 13.1. The van der Waals surface area contributed by atoms with Crippen LogP contribution in [0.3, 0.4) is 0 Å². The number of thioether (sulfide) groups is 1. The number of nitrogens with zero attached hydrogens (tertiary/aromatic N) is 3. The van der Waals surface area contributed by atoms with Gasteiger partial charge in [-0.2, -0.15) is 0 Å². The molecule has 0 fully saturated rings. The van der Waals surface area contributed by atoms with Crippen molar-refractivity contribution in [2.45, 2.75) is 45.1 Å². The van der Waals surface area contributed by atoms with E-state index in [1.807, 2.05) is 55.7 Å². The lowest BCUT2D eigenvalue weighted by molar-refractivity contribution is -0.124. The molecule has 5 nitrogen and oxygen atoms in total. The fourth-order valence-corrected chi connectivity index (χ4v) is 4.06. The molecule has 29 heavy (non-hydrogen) atoms. The number of hydrogen-bond acceptors (Lipinski definition) is 4. The second kappa shape index (κ2) is 9.46. The van der Waals surface area contributed by atoms with Crippen molar-refractivity contribution < 1.29 is 4.79 Å². The maximum Gasteiger partial charge on any atom is 0.222 e. The molecular weight excluding hydrogens is 404 g/mol. The van der Waals surface area contributed by atoms with Gasteiger partial charge in [0.15, 0.2) is 11.0 Å². The summed E-state index contributed by atoms with van der Waals surface area (Å²) in [6.45, 7) is 8.17. The lowest BCUT2D eigenvalue weighted by atomic mass is 10.1. The second-order valence-corrected chi connectivity index (χ2v) is 8.63. The minimum absolute atomic E-state index is 0.0171. The molecule has 1 heterocycles. The van der Waals surface area contributed by atoms with E-state index >= 15 is 0 Å². The average molecular weight is 429 g/mol. The Hall–Kier alpha value is -2.31. The van der Waals surface area contributed by atoms with Gasteiger partial charge in [-0.05, 0) is 42.7 Å². The van der Waals surface area contributed by atoms with Gasteiger partial charge in [0.1, 0.15) is 0 Å². The number of halogens is 1. The van der Waals surface area contributed by atoms with Crippen LogP contribution in [0.5, 0.6) is 0 Å².